The highest BCUT2D eigenvalue weighted by atomic mass is 32.2. The van der Waals surface area contributed by atoms with Crippen molar-refractivity contribution in [3.8, 4) is 5.75 Å². The van der Waals surface area contributed by atoms with E-state index in [9.17, 15) is 0 Å². The molecule has 1 aliphatic heterocycles. The molecule has 0 fully saturated rings. The molecule has 0 atom stereocenters. The maximum atomic E-state index is 5.51. The molecule has 0 saturated heterocycles. The molecule has 0 N–H and O–H groups in total. The van der Waals surface area contributed by atoms with E-state index in [1.165, 1.54) is 10.5 Å². The zero-order valence-corrected chi connectivity index (χ0v) is 13.0. The first kappa shape index (κ1) is 14.0. The third-order valence-corrected chi connectivity index (χ3v) is 4.51. The second-order valence-electron chi connectivity index (χ2n) is 4.94. The van der Waals surface area contributed by atoms with Crippen molar-refractivity contribution < 1.29 is 4.74 Å². The van der Waals surface area contributed by atoms with Crippen LogP contribution in [0.1, 0.15) is 18.1 Å². The van der Waals surface area contributed by atoms with Crippen LogP contribution in [0.25, 0.3) is 0 Å². The molecule has 106 valence electrons. The van der Waals surface area contributed by atoms with Crippen LogP contribution in [0.3, 0.4) is 0 Å². The van der Waals surface area contributed by atoms with E-state index in [0.717, 1.165) is 22.6 Å². The van der Waals surface area contributed by atoms with Crippen molar-refractivity contribution in [3.63, 3.8) is 0 Å². The molecule has 0 radical (unpaired) electrons. The summed E-state index contributed by atoms with van der Waals surface area (Å²) in [4.78, 5) is 6.06. The summed E-state index contributed by atoms with van der Waals surface area (Å²) in [6.45, 7) is 2.83. The quantitative estimate of drug-likeness (QED) is 0.811. The van der Waals surface area contributed by atoms with Crippen molar-refractivity contribution in [2.24, 2.45) is 4.99 Å². The first-order valence-corrected chi connectivity index (χ1v) is 7.77. The number of fused-ring (bicyclic) bond motifs is 1. The Hall–Kier alpha value is -2.00. The van der Waals surface area contributed by atoms with Gasteiger partial charge in [-0.05, 0) is 36.1 Å². The Balaban J connectivity index is 2.20. The van der Waals surface area contributed by atoms with Crippen molar-refractivity contribution in [3.05, 3.63) is 70.6 Å². The molecule has 0 bridgehead atoms. The predicted octanol–water partition coefficient (Wildman–Crippen LogP) is 4.54. The minimum Gasteiger partial charge on any atom is -0.496 e. The standard InChI is InChI=1S/C18H17NOS/c1-13-11-19-18(14-7-3-5-9-16(14)20-2)15-8-4-6-10-17(15)21-12-13/h3-10,12H,11H2,1-2H3/b13-12-,19-18?. The van der Waals surface area contributed by atoms with E-state index < -0.39 is 0 Å². The summed E-state index contributed by atoms with van der Waals surface area (Å²) in [5.41, 5.74) is 4.48. The van der Waals surface area contributed by atoms with Crippen LogP contribution in [0.5, 0.6) is 5.75 Å². The summed E-state index contributed by atoms with van der Waals surface area (Å²) in [6, 6.07) is 16.4. The number of aliphatic imine (C=N–C) groups is 1. The molecule has 2 aromatic carbocycles. The summed E-state index contributed by atoms with van der Waals surface area (Å²) >= 11 is 1.76. The number of nitrogens with zero attached hydrogens (tertiary/aromatic N) is 1. The summed E-state index contributed by atoms with van der Waals surface area (Å²) in [5, 5.41) is 2.18. The molecule has 0 unspecified atom stereocenters. The van der Waals surface area contributed by atoms with Gasteiger partial charge in [-0.1, -0.05) is 42.1 Å². The fourth-order valence-electron chi connectivity index (χ4n) is 2.33. The Morgan fingerprint density at radius 3 is 2.52 bits per heavy atom. The van der Waals surface area contributed by atoms with Gasteiger partial charge in [0.25, 0.3) is 0 Å². The van der Waals surface area contributed by atoms with Gasteiger partial charge in [0.15, 0.2) is 0 Å². The molecule has 2 nitrogen and oxygen atoms in total. The molecule has 1 aliphatic rings. The average molecular weight is 295 g/mol. The van der Waals surface area contributed by atoms with Gasteiger partial charge in [-0.3, -0.25) is 4.99 Å². The first-order valence-electron chi connectivity index (χ1n) is 6.89. The molecule has 3 heteroatoms. The lowest BCUT2D eigenvalue weighted by molar-refractivity contribution is 0.414. The maximum Gasteiger partial charge on any atom is 0.128 e. The zero-order chi connectivity index (χ0) is 14.7. The van der Waals surface area contributed by atoms with Crippen molar-refractivity contribution in [2.75, 3.05) is 13.7 Å². The third-order valence-electron chi connectivity index (χ3n) is 3.38. The molecule has 2 aromatic rings. The minimum absolute atomic E-state index is 0.717. The van der Waals surface area contributed by atoms with Gasteiger partial charge in [0.1, 0.15) is 5.75 Å². The van der Waals surface area contributed by atoms with Crippen molar-refractivity contribution in [1.82, 2.24) is 0 Å². The molecule has 0 aliphatic carbocycles. The van der Waals surface area contributed by atoms with Crippen LogP contribution in [-0.2, 0) is 0 Å². The van der Waals surface area contributed by atoms with E-state index >= 15 is 0 Å². The molecule has 1 heterocycles. The highest BCUT2D eigenvalue weighted by molar-refractivity contribution is 8.02. The third kappa shape index (κ3) is 2.88. The number of rotatable bonds is 2. The second-order valence-corrected chi connectivity index (χ2v) is 5.85. The van der Waals surface area contributed by atoms with E-state index in [2.05, 4.69) is 42.7 Å². The largest absolute Gasteiger partial charge is 0.496 e. The second kappa shape index (κ2) is 6.19. The Bertz CT molecular complexity index is 719. The molecule has 0 aromatic heterocycles. The highest BCUT2D eigenvalue weighted by Crippen LogP contribution is 2.31. The Morgan fingerprint density at radius 2 is 1.71 bits per heavy atom. The van der Waals surface area contributed by atoms with Crippen molar-refractivity contribution in [1.29, 1.82) is 0 Å². The van der Waals surface area contributed by atoms with Gasteiger partial charge < -0.3 is 4.74 Å². The molecule has 3 rings (SSSR count). The van der Waals surface area contributed by atoms with Crippen LogP contribution in [0, 0.1) is 0 Å². The fraction of sp³-hybridized carbons (Fsp3) is 0.167. The molecule has 0 spiro atoms. The van der Waals surface area contributed by atoms with E-state index in [0.29, 0.717) is 6.54 Å². The van der Waals surface area contributed by atoms with Gasteiger partial charge in [0.2, 0.25) is 0 Å². The molecular weight excluding hydrogens is 278 g/mol. The Kier molecular flexibility index (Phi) is 4.11. The Morgan fingerprint density at radius 1 is 1.00 bits per heavy atom. The number of methoxy groups -OCH3 is 1. The lowest BCUT2D eigenvalue weighted by atomic mass is 10.0. The van der Waals surface area contributed by atoms with Gasteiger partial charge >= 0.3 is 0 Å². The smallest absolute Gasteiger partial charge is 0.128 e. The normalized spacial score (nSPS) is 16.9. The first-order chi connectivity index (χ1) is 10.3. The van der Waals surface area contributed by atoms with E-state index in [-0.39, 0.29) is 0 Å². The maximum absolute atomic E-state index is 5.51. The number of hydrogen-bond donors (Lipinski definition) is 0. The van der Waals surface area contributed by atoms with Gasteiger partial charge in [-0.25, -0.2) is 0 Å². The molecule has 21 heavy (non-hydrogen) atoms. The topological polar surface area (TPSA) is 21.6 Å². The van der Waals surface area contributed by atoms with E-state index in [4.69, 9.17) is 9.73 Å². The lowest BCUT2D eigenvalue weighted by Crippen LogP contribution is -2.09. The lowest BCUT2D eigenvalue weighted by Gasteiger charge is -2.16. The van der Waals surface area contributed by atoms with E-state index in [1.54, 1.807) is 18.9 Å². The number of ether oxygens (including phenoxy) is 1. The molecule has 0 saturated carbocycles. The number of thioether (sulfide) groups is 1. The number of para-hydroxylation sites is 1. The fourth-order valence-corrected chi connectivity index (χ4v) is 3.18. The van der Waals surface area contributed by atoms with Crippen LogP contribution >= 0.6 is 11.8 Å². The van der Waals surface area contributed by atoms with Crippen LogP contribution in [0.15, 0.2) is 69.4 Å². The average Bonchev–Trinajstić information content (AvgIpc) is 2.52. The summed E-state index contributed by atoms with van der Waals surface area (Å²) < 4.78 is 5.51. The van der Waals surface area contributed by atoms with Gasteiger partial charge in [-0.2, -0.15) is 0 Å². The SMILES string of the molecule is COc1ccccc1C1=NC/C(C)=C\Sc2ccccc21. The van der Waals surface area contributed by atoms with Crippen LogP contribution in [-0.4, -0.2) is 19.4 Å². The number of benzene rings is 2. The summed E-state index contributed by atoms with van der Waals surface area (Å²) in [7, 11) is 1.70. The van der Waals surface area contributed by atoms with Crippen molar-refractivity contribution in [2.45, 2.75) is 11.8 Å². The van der Waals surface area contributed by atoms with Gasteiger partial charge in [-0.15, -0.1) is 0 Å². The Labute approximate surface area is 129 Å². The predicted molar refractivity (Wildman–Crippen MR) is 89.6 cm³/mol. The number of hydrogen-bond acceptors (Lipinski definition) is 3. The monoisotopic (exact) mass is 295 g/mol. The minimum atomic E-state index is 0.717. The van der Waals surface area contributed by atoms with Crippen LogP contribution < -0.4 is 4.74 Å². The van der Waals surface area contributed by atoms with Gasteiger partial charge in [0, 0.05) is 16.0 Å². The zero-order valence-electron chi connectivity index (χ0n) is 12.2. The van der Waals surface area contributed by atoms with Crippen molar-refractivity contribution >= 4 is 17.5 Å². The van der Waals surface area contributed by atoms with Crippen LogP contribution in [0.2, 0.25) is 0 Å². The highest BCUT2D eigenvalue weighted by Gasteiger charge is 2.16. The van der Waals surface area contributed by atoms with Gasteiger partial charge in [0.05, 0.1) is 19.4 Å². The van der Waals surface area contributed by atoms with Crippen LogP contribution in [0.4, 0.5) is 0 Å². The molecule has 0 amide bonds. The summed E-state index contributed by atoms with van der Waals surface area (Å²) in [5.74, 6) is 0.859. The van der Waals surface area contributed by atoms with E-state index in [1.807, 2.05) is 18.2 Å². The molecular formula is C18H17NOS. The summed E-state index contributed by atoms with van der Waals surface area (Å²) in [6.07, 6.45) is 0.